The van der Waals surface area contributed by atoms with Crippen molar-refractivity contribution in [2.24, 2.45) is 0 Å². The number of carbonyl (C=O) groups excluding carboxylic acids is 4. The number of methoxy groups -OCH3 is 1. The lowest BCUT2D eigenvalue weighted by Crippen LogP contribution is -2.31. The maximum atomic E-state index is 13.0. The van der Waals surface area contributed by atoms with Crippen molar-refractivity contribution in [1.82, 2.24) is 4.98 Å². The molecule has 12 heteroatoms. The van der Waals surface area contributed by atoms with Crippen molar-refractivity contribution >= 4 is 63.3 Å². The maximum Gasteiger partial charge on any atom is 0.338 e. The van der Waals surface area contributed by atoms with Crippen molar-refractivity contribution in [2.45, 2.75) is 16.6 Å². The van der Waals surface area contributed by atoms with Gasteiger partial charge in [-0.1, -0.05) is 18.2 Å². The van der Waals surface area contributed by atoms with Gasteiger partial charge in [0.05, 0.1) is 29.3 Å². The van der Waals surface area contributed by atoms with Gasteiger partial charge < -0.3 is 15.2 Å². The Hall–Kier alpha value is -4.68. The number of thiazole rings is 1. The van der Waals surface area contributed by atoms with Crippen molar-refractivity contribution in [2.75, 3.05) is 29.7 Å². The van der Waals surface area contributed by atoms with Gasteiger partial charge in [0.15, 0.2) is 11.7 Å². The minimum atomic E-state index is -0.727. The van der Waals surface area contributed by atoms with Gasteiger partial charge in [0, 0.05) is 27.9 Å². The number of hydrogen-bond acceptors (Lipinski definition) is 10. The van der Waals surface area contributed by atoms with E-state index in [2.05, 4.69) is 10.3 Å². The molecule has 1 atom stereocenters. The van der Waals surface area contributed by atoms with Crippen molar-refractivity contribution in [3.8, 4) is 17.0 Å². The quantitative estimate of drug-likeness (QED) is 0.163. The molecule has 5 rings (SSSR count). The number of nitrogens with zero attached hydrogens (tertiary/aromatic N) is 2. The summed E-state index contributed by atoms with van der Waals surface area (Å²) in [6.45, 7) is -0.518. The summed E-state index contributed by atoms with van der Waals surface area (Å²) in [5.41, 5.74) is 8.33. The van der Waals surface area contributed by atoms with E-state index in [0.29, 0.717) is 27.9 Å². The zero-order chi connectivity index (χ0) is 28.9. The highest BCUT2D eigenvalue weighted by Gasteiger charge is 2.40. The molecule has 0 spiro atoms. The number of benzene rings is 3. The molecule has 0 aliphatic carbocycles. The van der Waals surface area contributed by atoms with E-state index < -0.39 is 23.7 Å². The molecule has 0 radical (unpaired) electrons. The fourth-order valence-electron chi connectivity index (χ4n) is 4.15. The fourth-order valence-corrected chi connectivity index (χ4v) is 6.00. The summed E-state index contributed by atoms with van der Waals surface area (Å²) in [4.78, 5) is 56.8. The maximum absolute atomic E-state index is 13.0. The topological polar surface area (TPSA) is 141 Å². The number of amides is 3. The van der Waals surface area contributed by atoms with Crippen LogP contribution in [0.25, 0.3) is 11.3 Å². The Morgan fingerprint density at radius 2 is 1.88 bits per heavy atom. The number of hydrogen-bond donors (Lipinski definition) is 2. The molecule has 3 amide bonds. The number of para-hydroxylation sites is 1. The van der Waals surface area contributed by atoms with Crippen LogP contribution in [0.3, 0.4) is 0 Å². The number of thioether (sulfide) groups is 1. The first-order valence-electron chi connectivity index (χ1n) is 12.4. The predicted octanol–water partition coefficient (Wildman–Crippen LogP) is 4.62. The van der Waals surface area contributed by atoms with Crippen molar-refractivity contribution < 1.29 is 28.7 Å². The van der Waals surface area contributed by atoms with E-state index in [0.717, 1.165) is 15.4 Å². The van der Waals surface area contributed by atoms with E-state index in [1.165, 1.54) is 47.4 Å². The molecular formula is C29H24N4O6S2. The number of nitrogen functional groups attached to an aromatic ring is 1. The van der Waals surface area contributed by atoms with Crippen LogP contribution in [0.15, 0.2) is 83.1 Å². The van der Waals surface area contributed by atoms with E-state index in [1.54, 1.807) is 30.7 Å². The number of nitrogens with two attached hydrogens (primary N) is 1. The highest BCUT2D eigenvalue weighted by molar-refractivity contribution is 8.00. The van der Waals surface area contributed by atoms with Gasteiger partial charge in [-0.25, -0.2) is 14.7 Å². The van der Waals surface area contributed by atoms with Crippen molar-refractivity contribution in [3.05, 3.63) is 83.7 Å². The number of imide groups is 1. The highest BCUT2D eigenvalue weighted by atomic mass is 32.2. The lowest BCUT2D eigenvalue weighted by Gasteiger charge is -2.15. The second-order valence-corrected chi connectivity index (χ2v) is 11.0. The summed E-state index contributed by atoms with van der Waals surface area (Å²) in [6.07, 6.45) is 0.0523. The molecule has 1 unspecified atom stereocenters. The number of ether oxygens (including phenoxy) is 2. The summed E-state index contributed by atoms with van der Waals surface area (Å²) in [5.74, 6) is -1.29. The molecule has 1 aliphatic rings. The molecular weight excluding hydrogens is 564 g/mol. The number of carbonyl (C=O) groups is 4. The molecule has 10 nitrogen and oxygen atoms in total. The van der Waals surface area contributed by atoms with Crippen molar-refractivity contribution in [1.29, 1.82) is 0 Å². The van der Waals surface area contributed by atoms with Gasteiger partial charge in [-0.05, 0) is 54.6 Å². The predicted molar refractivity (Wildman–Crippen MR) is 157 cm³/mol. The Labute approximate surface area is 243 Å². The minimum Gasteiger partial charge on any atom is -0.496 e. The zero-order valence-electron chi connectivity index (χ0n) is 21.7. The van der Waals surface area contributed by atoms with E-state index in [4.69, 9.17) is 15.2 Å². The number of aromatic nitrogens is 1. The minimum absolute atomic E-state index is 0.0523. The first-order chi connectivity index (χ1) is 19.8. The molecule has 3 N–H and O–H groups in total. The van der Waals surface area contributed by atoms with Crippen LogP contribution in [0, 0.1) is 0 Å². The Morgan fingerprint density at radius 3 is 2.63 bits per heavy atom. The molecule has 0 saturated carbocycles. The number of rotatable bonds is 9. The second kappa shape index (κ2) is 12.2. The first kappa shape index (κ1) is 27.9. The van der Waals surface area contributed by atoms with Crippen molar-refractivity contribution in [3.63, 3.8) is 0 Å². The summed E-state index contributed by atoms with van der Waals surface area (Å²) in [5, 5.41) is 4.18. The van der Waals surface area contributed by atoms with Crippen LogP contribution in [0.4, 0.5) is 16.5 Å². The lowest BCUT2D eigenvalue weighted by molar-refractivity contribution is -0.121. The number of nitrogens with one attached hydrogen (secondary N) is 1. The summed E-state index contributed by atoms with van der Waals surface area (Å²) in [6, 6.07) is 20.4. The van der Waals surface area contributed by atoms with E-state index in [9.17, 15) is 19.2 Å². The third kappa shape index (κ3) is 6.39. The zero-order valence-corrected chi connectivity index (χ0v) is 23.4. The Morgan fingerprint density at radius 1 is 1.10 bits per heavy atom. The van der Waals surface area contributed by atoms with E-state index in [-0.39, 0.29) is 23.8 Å². The molecule has 1 fully saturated rings. The lowest BCUT2D eigenvalue weighted by atomic mass is 10.1. The average Bonchev–Trinajstić information content (AvgIpc) is 3.54. The molecule has 208 valence electrons. The molecule has 1 aliphatic heterocycles. The van der Waals surface area contributed by atoms with Gasteiger partial charge in [0.25, 0.3) is 5.91 Å². The van der Waals surface area contributed by atoms with Gasteiger partial charge in [0.2, 0.25) is 11.8 Å². The first-order valence-corrected chi connectivity index (χ1v) is 14.1. The summed E-state index contributed by atoms with van der Waals surface area (Å²) >= 11 is 2.51. The van der Waals surface area contributed by atoms with Gasteiger partial charge in [-0.2, -0.15) is 0 Å². The largest absolute Gasteiger partial charge is 0.496 e. The number of esters is 1. The number of anilines is 3. The molecule has 3 aromatic carbocycles. The van der Waals surface area contributed by atoms with Crippen LogP contribution in [-0.4, -0.2) is 47.6 Å². The van der Waals surface area contributed by atoms with Gasteiger partial charge in [0.1, 0.15) is 5.75 Å². The van der Waals surface area contributed by atoms with Gasteiger partial charge in [-0.3, -0.25) is 19.7 Å². The average molecular weight is 589 g/mol. The third-order valence-corrected chi connectivity index (χ3v) is 8.01. The van der Waals surface area contributed by atoms with Gasteiger partial charge >= 0.3 is 5.97 Å². The molecule has 0 bridgehead atoms. The monoisotopic (exact) mass is 588 g/mol. The second-order valence-electron chi connectivity index (χ2n) is 8.86. The normalized spacial score (nSPS) is 14.7. The Balaban J connectivity index is 1.15. The van der Waals surface area contributed by atoms with E-state index >= 15 is 0 Å². The van der Waals surface area contributed by atoms with Crippen LogP contribution >= 0.6 is 23.1 Å². The smallest absolute Gasteiger partial charge is 0.338 e. The molecule has 1 aromatic heterocycles. The third-order valence-electron chi connectivity index (χ3n) is 6.07. The fraction of sp³-hybridized carbons (Fsp3) is 0.138. The van der Waals surface area contributed by atoms with Crippen LogP contribution in [0.5, 0.6) is 5.75 Å². The van der Waals surface area contributed by atoms with Crippen LogP contribution in [0.1, 0.15) is 16.8 Å². The molecule has 4 aromatic rings. The SMILES string of the molecule is COc1ccccc1-c1csc(NC(=O)COC(=O)c2ccc(N3C(=O)CC(Sc4cccc(N)c4)C3=O)cc2)n1. The van der Waals surface area contributed by atoms with E-state index in [1.807, 2.05) is 30.3 Å². The Kier molecular flexibility index (Phi) is 8.31. The summed E-state index contributed by atoms with van der Waals surface area (Å²) in [7, 11) is 1.57. The van der Waals surface area contributed by atoms with Gasteiger partial charge in [-0.15, -0.1) is 23.1 Å². The molecule has 1 saturated heterocycles. The molecule has 41 heavy (non-hydrogen) atoms. The standard InChI is InChI=1S/C29H24N4O6S2/c1-38-23-8-3-2-7-21(23)22-16-40-29(31-22)32-25(34)15-39-28(37)17-9-11-19(12-10-17)33-26(35)14-24(27(33)36)41-20-6-4-5-18(30)13-20/h2-13,16,24H,14-15,30H2,1H3,(H,31,32,34). The highest BCUT2D eigenvalue weighted by Crippen LogP contribution is 2.35. The van der Waals surface area contributed by atoms with Crippen LogP contribution in [-0.2, 0) is 19.1 Å². The summed E-state index contributed by atoms with van der Waals surface area (Å²) < 4.78 is 10.5. The molecule has 2 heterocycles. The Bertz CT molecular complexity index is 1620. The van der Waals surface area contributed by atoms with Crippen LogP contribution < -0.4 is 20.7 Å². The van der Waals surface area contributed by atoms with Crippen LogP contribution in [0.2, 0.25) is 0 Å².